The van der Waals surface area contributed by atoms with E-state index in [0.29, 0.717) is 11.8 Å². The maximum atomic E-state index is 11.3. The van der Waals surface area contributed by atoms with Crippen molar-refractivity contribution in [3.05, 3.63) is 48.0 Å². The monoisotopic (exact) mass is 396 g/mol. The van der Waals surface area contributed by atoms with Crippen LogP contribution >= 0.6 is 0 Å². The average Bonchev–Trinajstić information content (AvgIpc) is 3.02. The highest BCUT2D eigenvalue weighted by atomic mass is 16.5. The third-order valence-electron chi connectivity index (χ3n) is 8.92. The summed E-state index contributed by atoms with van der Waals surface area (Å²) >= 11 is 0. The number of rotatable bonds is 2. The largest absolute Gasteiger partial charge is 0.495 e. The second-order valence-electron chi connectivity index (χ2n) is 10.2. The lowest BCUT2D eigenvalue weighted by atomic mass is 9.47. The van der Waals surface area contributed by atoms with Crippen molar-refractivity contribution in [1.29, 1.82) is 0 Å². The molecule has 2 saturated carbocycles. The Hall–Kier alpha value is -1.65. The van der Waals surface area contributed by atoms with Gasteiger partial charge in [0.1, 0.15) is 0 Å². The summed E-state index contributed by atoms with van der Waals surface area (Å²) in [6, 6.07) is 6.19. The van der Waals surface area contributed by atoms with Gasteiger partial charge in [0.2, 0.25) is 5.70 Å². The molecule has 4 aliphatic rings. The van der Waals surface area contributed by atoms with Crippen molar-refractivity contribution >= 4 is 5.70 Å². The number of aliphatic hydroxyl groups excluding tert-OH is 2. The van der Waals surface area contributed by atoms with Crippen LogP contribution in [0.3, 0.4) is 0 Å². The zero-order chi connectivity index (χ0) is 20.4. The smallest absolute Gasteiger partial charge is 0.230 e. The molecule has 0 unspecified atom stereocenters. The molecule has 4 aliphatic carbocycles. The zero-order valence-electron chi connectivity index (χ0n) is 17.8. The van der Waals surface area contributed by atoms with Crippen LogP contribution in [0.2, 0.25) is 0 Å². The number of ether oxygens (including phenoxy) is 1. The number of hydrogen-bond donors (Lipinski definition) is 2. The highest BCUT2D eigenvalue weighted by Gasteiger charge is 2.63. The van der Waals surface area contributed by atoms with Crippen molar-refractivity contribution < 1.29 is 19.5 Å². The van der Waals surface area contributed by atoms with Gasteiger partial charge in [-0.2, -0.15) is 4.57 Å². The summed E-state index contributed by atoms with van der Waals surface area (Å²) in [6.45, 7) is 4.78. The molecule has 0 aromatic carbocycles. The van der Waals surface area contributed by atoms with Gasteiger partial charge in [-0.05, 0) is 62.2 Å². The highest BCUT2D eigenvalue weighted by molar-refractivity contribution is 5.52. The van der Waals surface area contributed by atoms with E-state index in [0.717, 1.165) is 44.3 Å². The lowest BCUT2D eigenvalue weighted by Crippen LogP contribution is -2.55. The van der Waals surface area contributed by atoms with Crippen LogP contribution in [0.1, 0.15) is 52.4 Å². The van der Waals surface area contributed by atoms with Gasteiger partial charge in [-0.1, -0.05) is 24.6 Å². The summed E-state index contributed by atoms with van der Waals surface area (Å²) in [5.41, 5.74) is 2.68. The minimum Gasteiger partial charge on any atom is -0.495 e. The fraction of sp³-hybridized carbons (Fsp3) is 0.640. The van der Waals surface area contributed by atoms with Gasteiger partial charge in [0.05, 0.1) is 24.7 Å². The molecule has 0 radical (unpaired) electrons. The summed E-state index contributed by atoms with van der Waals surface area (Å²) in [7, 11) is 1.79. The Morgan fingerprint density at radius 3 is 2.41 bits per heavy atom. The second-order valence-corrected chi connectivity index (χ2v) is 10.2. The summed E-state index contributed by atoms with van der Waals surface area (Å²) in [4.78, 5) is 0. The number of aromatic nitrogens is 1. The molecule has 0 aliphatic heterocycles. The van der Waals surface area contributed by atoms with Crippen LogP contribution in [0.25, 0.3) is 5.70 Å². The van der Waals surface area contributed by atoms with Crippen LogP contribution in [-0.2, 0) is 4.74 Å². The first kappa shape index (κ1) is 19.3. The fourth-order valence-corrected chi connectivity index (χ4v) is 7.41. The molecule has 0 spiro atoms. The van der Waals surface area contributed by atoms with Crippen LogP contribution in [0.15, 0.2) is 48.0 Å². The Kier molecular flexibility index (Phi) is 4.45. The third-order valence-corrected chi connectivity index (χ3v) is 8.92. The molecule has 156 valence electrons. The minimum atomic E-state index is -0.434. The van der Waals surface area contributed by atoms with E-state index in [2.05, 4.69) is 49.0 Å². The molecule has 4 heteroatoms. The van der Waals surface area contributed by atoms with E-state index < -0.39 is 6.10 Å². The number of nitrogens with zero attached hydrogens (tertiary/aromatic N) is 1. The van der Waals surface area contributed by atoms with Crippen LogP contribution in [0, 0.1) is 28.6 Å². The van der Waals surface area contributed by atoms with E-state index in [4.69, 9.17) is 4.74 Å². The molecule has 2 fully saturated rings. The zero-order valence-corrected chi connectivity index (χ0v) is 17.8. The predicted molar refractivity (Wildman–Crippen MR) is 111 cm³/mol. The lowest BCUT2D eigenvalue weighted by Gasteiger charge is -2.57. The minimum absolute atomic E-state index is 0.00457. The molecule has 1 aromatic heterocycles. The molecule has 5 rings (SSSR count). The molecule has 0 saturated heterocycles. The number of allylic oxidation sites excluding steroid dienone is 2. The van der Waals surface area contributed by atoms with Gasteiger partial charge in [0.15, 0.2) is 18.2 Å². The van der Waals surface area contributed by atoms with E-state index in [9.17, 15) is 10.2 Å². The first-order chi connectivity index (χ1) is 13.9. The van der Waals surface area contributed by atoms with Crippen molar-refractivity contribution in [1.82, 2.24) is 0 Å². The molecular formula is C25H34NO3+. The Balaban J connectivity index is 1.56. The van der Waals surface area contributed by atoms with Crippen LogP contribution in [0.5, 0.6) is 0 Å². The number of pyridine rings is 1. The molecular weight excluding hydrogens is 362 g/mol. The summed E-state index contributed by atoms with van der Waals surface area (Å²) in [6.07, 6.45) is 11.4. The van der Waals surface area contributed by atoms with Crippen molar-refractivity contribution in [2.24, 2.45) is 28.6 Å². The second kappa shape index (κ2) is 6.68. The standard InChI is InChI=1S/C25H34NO3/c1-24-9-7-17(27)13-16(24)14-20(28)22-18(24)8-10-25(2)19(22)15-21(29-3)23(25)26-11-5-4-6-12-26/h4-6,11-12,14,17-20,22,27-28H,7-10,13,15H2,1-3H3/q+1/t17-,18-,19-,20-,22+,24-,25-/m0/s1. The molecule has 0 amide bonds. The Morgan fingerprint density at radius 2 is 1.69 bits per heavy atom. The summed E-state index contributed by atoms with van der Waals surface area (Å²) in [5, 5.41) is 21.5. The van der Waals surface area contributed by atoms with Crippen molar-refractivity contribution in [2.45, 2.75) is 64.6 Å². The van der Waals surface area contributed by atoms with Crippen LogP contribution in [-0.4, -0.2) is 29.5 Å². The summed E-state index contributed by atoms with van der Waals surface area (Å²) < 4.78 is 8.16. The third kappa shape index (κ3) is 2.68. The van der Waals surface area contributed by atoms with Gasteiger partial charge in [0, 0.05) is 18.6 Å². The quantitative estimate of drug-likeness (QED) is 0.592. The van der Waals surface area contributed by atoms with Crippen LogP contribution in [0.4, 0.5) is 0 Å². The number of hydrogen-bond acceptors (Lipinski definition) is 3. The first-order valence-corrected chi connectivity index (χ1v) is 11.2. The summed E-state index contributed by atoms with van der Waals surface area (Å²) in [5.74, 6) is 2.15. The highest BCUT2D eigenvalue weighted by Crippen LogP contribution is 2.66. The van der Waals surface area contributed by atoms with E-state index in [1.807, 2.05) is 6.07 Å². The maximum Gasteiger partial charge on any atom is 0.230 e. The van der Waals surface area contributed by atoms with Crippen molar-refractivity contribution in [3.63, 3.8) is 0 Å². The van der Waals surface area contributed by atoms with Gasteiger partial charge < -0.3 is 14.9 Å². The van der Waals surface area contributed by atoms with E-state index >= 15 is 0 Å². The van der Waals surface area contributed by atoms with Crippen LogP contribution < -0.4 is 4.57 Å². The molecule has 4 nitrogen and oxygen atoms in total. The fourth-order valence-electron chi connectivity index (χ4n) is 7.41. The van der Waals surface area contributed by atoms with Gasteiger partial charge >= 0.3 is 0 Å². The van der Waals surface area contributed by atoms with Crippen molar-refractivity contribution in [3.8, 4) is 0 Å². The molecule has 0 bridgehead atoms. The molecule has 1 heterocycles. The number of methoxy groups -OCH3 is 1. The normalized spacial score (nSPS) is 43.9. The van der Waals surface area contributed by atoms with Gasteiger partial charge in [-0.25, -0.2) is 0 Å². The van der Waals surface area contributed by atoms with Crippen molar-refractivity contribution in [2.75, 3.05) is 7.11 Å². The van der Waals surface area contributed by atoms with E-state index in [-0.39, 0.29) is 22.9 Å². The van der Waals surface area contributed by atoms with Gasteiger partial charge in [0.25, 0.3) is 0 Å². The first-order valence-electron chi connectivity index (χ1n) is 11.2. The van der Waals surface area contributed by atoms with Gasteiger partial charge in [-0.15, -0.1) is 0 Å². The molecule has 2 N–H and O–H groups in total. The SMILES string of the molecule is COC1=C([n+]2ccccc2)[C@@]2(C)CC[C@H]3[C@@H]([C@@H](O)C=C4C[C@@H](O)CC[C@@]43C)[C@@H]2C1. The Labute approximate surface area is 173 Å². The Bertz CT molecular complexity index is 862. The molecule has 1 aromatic rings. The number of fused-ring (bicyclic) bond motifs is 5. The average molecular weight is 397 g/mol. The molecule has 29 heavy (non-hydrogen) atoms. The predicted octanol–water partition coefficient (Wildman–Crippen LogP) is 3.69. The van der Waals surface area contributed by atoms with Gasteiger partial charge in [-0.3, -0.25) is 0 Å². The number of aliphatic hydroxyl groups is 2. The Morgan fingerprint density at radius 1 is 0.966 bits per heavy atom. The van der Waals surface area contributed by atoms with E-state index in [1.165, 1.54) is 11.3 Å². The lowest BCUT2D eigenvalue weighted by molar-refractivity contribution is -0.591. The topological polar surface area (TPSA) is 53.6 Å². The molecule has 7 atom stereocenters. The maximum absolute atomic E-state index is 11.3. The van der Waals surface area contributed by atoms with E-state index in [1.54, 1.807) is 7.11 Å².